The second-order valence-corrected chi connectivity index (χ2v) is 6.55. The van der Waals surface area contributed by atoms with Gasteiger partial charge in [0.15, 0.2) is 5.82 Å². The van der Waals surface area contributed by atoms with Crippen molar-refractivity contribution in [2.24, 2.45) is 0 Å². The Morgan fingerprint density at radius 1 is 0.821 bits per heavy atom. The molecule has 1 heterocycles. The van der Waals surface area contributed by atoms with Crippen LogP contribution < -0.4 is 10.6 Å². The molecule has 4 rings (SSSR count). The third kappa shape index (κ3) is 3.72. The Hall–Kier alpha value is -3.64. The van der Waals surface area contributed by atoms with Crippen molar-refractivity contribution in [2.45, 2.75) is 0 Å². The Labute approximate surface area is 165 Å². The molecule has 2 amide bonds. The summed E-state index contributed by atoms with van der Waals surface area (Å²) < 4.78 is 0. The first-order valence-electron chi connectivity index (χ1n) is 8.51. The topological polar surface area (TPSA) is 86.9 Å². The van der Waals surface area contributed by atoms with E-state index in [0.29, 0.717) is 38.6 Å². The van der Waals surface area contributed by atoms with E-state index in [4.69, 9.17) is 11.6 Å². The van der Waals surface area contributed by atoms with Crippen LogP contribution in [0.15, 0.2) is 72.8 Å². The van der Waals surface area contributed by atoms with Gasteiger partial charge in [0, 0.05) is 27.2 Å². The summed E-state index contributed by atoms with van der Waals surface area (Å²) in [5.74, 6) is -0.199. The number of fused-ring (bicyclic) bond motifs is 1. The quantitative estimate of drug-likeness (QED) is 0.471. The second-order valence-electron chi connectivity index (χ2n) is 6.12. The van der Waals surface area contributed by atoms with Gasteiger partial charge in [-0.1, -0.05) is 35.9 Å². The van der Waals surface area contributed by atoms with Gasteiger partial charge in [-0.05, 0) is 48.5 Å². The number of H-pyrrole nitrogens is 1. The average molecular weight is 391 g/mol. The number of carbonyl (C=O) groups is 2. The van der Waals surface area contributed by atoms with E-state index in [2.05, 4.69) is 20.8 Å². The van der Waals surface area contributed by atoms with Gasteiger partial charge in [0.25, 0.3) is 11.8 Å². The number of carbonyl (C=O) groups excluding carboxylic acids is 2. The summed E-state index contributed by atoms with van der Waals surface area (Å²) in [5, 5.41) is 13.8. The van der Waals surface area contributed by atoms with E-state index in [9.17, 15) is 9.59 Å². The van der Waals surface area contributed by atoms with Crippen molar-refractivity contribution in [1.82, 2.24) is 10.2 Å². The molecule has 138 valence electrons. The number of halogens is 1. The number of hydrogen-bond donors (Lipinski definition) is 3. The number of aromatic amines is 1. The molecule has 0 radical (unpaired) electrons. The van der Waals surface area contributed by atoms with Crippen molar-refractivity contribution in [3.05, 3.63) is 88.9 Å². The number of amides is 2. The molecule has 0 fully saturated rings. The standard InChI is InChI=1S/C21H15ClN4O2/c22-15-7-4-8-16(12-15)23-21(28)14-9-10-18-17(11-14)19(26-25-18)24-20(27)13-5-2-1-3-6-13/h1-12H,(H,23,28)(H2,24,25,26,27). The van der Waals surface area contributed by atoms with E-state index < -0.39 is 0 Å². The molecule has 0 saturated carbocycles. The minimum absolute atomic E-state index is 0.275. The van der Waals surface area contributed by atoms with Crippen LogP contribution in [-0.4, -0.2) is 22.0 Å². The normalized spacial score (nSPS) is 10.6. The van der Waals surface area contributed by atoms with Gasteiger partial charge in [0.05, 0.1) is 5.52 Å². The van der Waals surface area contributed by atoms with Gasteiger partial charge in [0.2, 0.25) is 0 Å². The first-order chi connectivity index (χ1) is 13.6. The van der Waals surface area contributed by atoms with Crippen molar-refractivity contribution in [3.8, 4) is 0 Å². The van der Waals surface area contributed by atoms with Crippen molar-refractivity contribution in [3.63, 3.8) is 0 Å². The second kappa shape index (κ2) is 7.54. The predicted molar refractivity (Wildman–Crippen MR) is 110 cm³/mol. The van der Waals surface area contributed by atoms with Crippen molar-refractivity contribution in [1.29, 1.82) is 0 Å². The highest BCUT2D eigenvalue weighted by Gasteiger charge is 2.14. The summed E-state index contributed by atoms with van der Waals surface area (Å²) in [6, 6.07) is 20.9. The summed E-state index contributed by atoms with van der Waals surface area (Å²) in [7, 11) is 0. The van der Waals surface area contributed by atoms with E-state index in [1.807, 2.05) is 6.07 Å². The lowest BCUT2D eigenvalue weighted by Crippen LogP contribution is -2.13. The fraction of sp³-hybridized carbons (Fsp3) is 0. The van der Waals surface area contributed by atoms with Crippen LogP contribution in [0.3, 0.4) is 0 Å². The monoisotopic (exact) mass is 390 g/mol. The molecule has 3 N–H and O–H groups in total. The van der Waals surface area contributed by atoms with E-state index in [-0.39, 0.29) is 11.8 Å². The largest absolute Gasteiger partial charge is 0.322 e. The summed E-state index contributed by atoms with van der Waals surface area (Å²) in [5.41, 5.74) is 2.27. The molecule has 28 heavy (non-hydrogen) atoms. The zero-order valence-corrected chi connectivity index (χ0v) is 15.3. The predicted octanol–water partition coefficient (Wildman–Crippen LogP) is 4.72. The van der Waals surface area contributed by atoms with E-state index >= 15 is 0 Å². The summed E-state index contributed by atoms with van der Waals surface area (Å²) in [6.45, 7) is 0. The number of rotatable bonds is 4. The fourth-order valence-electron chi connectivity index (χ4n) is 2.79. The van der Waals surface area contributed by atoms with Gasteiger partial charge in [-0.2, -0.15) is 5.10 Å². The molecule has 0 aliphatic rings. The molecular weight excluding hydrogens is 376 g/mol. The van der Waals surface area contributed by atoms with Crippen molar-refractivity contribution >= 4 is 45.8 Å². The Bertz CT molecular complexity index is 1170. The molecular formula is C21H15ClN4O2. The molecule has 4 aromatic rings. The molecule has 7 heteroatoms. The van der Waals surface area contributed by atoms with E-state index in [1.54, 1.807) is 66.7 Å². The Morgan fingerprint density at radius 2 is 1.61 bits per heavy atom. The van der Waals surface area contributed by atoms with Gasteiger partial charge < -0.3 is 10.6 Å². The average Bonchev–Trinajstić information content (AvgIpc) is 3.10. The maximum atomic E-state index is 12.6. The summed E-state index contributed by atoms with van der Waals surface area (Å²) >= 11 is 5.95. The van der Waals surface area contributed by atoms with E-state index in [0.717, 1.165) is 0 Å². The highest BCUT2D eigenvalue weighted by molar-refractivity contribution is 6.31. The number of hydrogen-bond acceptors (Lipinski definition) is 3. The molecule has 0 aliphatic heterocycles. The number of nitrogens with zero attached hydrogens (tertiary/aromatic N) is 1. The molecule has 0 unspecified atom stereocenters. The Balaban J connectivity index is 1.59. The van der Waals surface area contributed by atoms with Gasteiger partial charge >= 0.3 is 0 Å². The zero-order chi connectivity index (χ0) is 19.5. The number of nitrogens with one attached hydrogen (secondary N) is 3. The van der Waals surface area contributed by atoms with Crippen LogP contribution >= 0.6 is 11.6 Å². The molecule has 3 aromatic carbocycles. The Kier molecular flexibility index (Phi) is 4.78. The highest BCUT2D eigenvalue weighted by atomic mass is 35.5. The zero-order valence-electron chi connectivity index (χ0n) is 14.6. The van der Waals surface area contributed by atoms with Crippen molar-refractivity contribution < 1.29 is 9.59 Å². The van der Waals surface area contributed by atoms with Crippen LogP contribution in [0, 0.1) is 0 Å². The Morgan fingerprint density at radius 3 is 2.39 bits per heavy atom. The van der Waals surface area contributed by atoms with Crippen LogP contribution in [0.2, 0.25) is 5.02 Å². The lowest BCUT2D eigenvalue weighted by Gasteiger charge is -2.06. The van der Waals surface area contributed by atoms with Crippen molar-refractivity contribution in [2.75, 3.05) is 10.6 Å². The molecule has 6 nitrogen and oxygen atoms in total. The smallest absolute Gasteiger partial charge is 0.256 e. The lowest BCUT2D eigenvalue weighted by molar-refractivity contribution is 0.101. The third-order valence-electron chi connectivity index (χ3n) is 4.18. The fourth-order valence-corrected chi connectivity index (χ4v) is 2.98. The molecule has 1 aromatic heterocycles. The molecule has 0 bridgehead atoms. The minimum atomic E-state index is -0.286. The number of benzene rings is 3. The van der Waals surface area contributed by atoms with E-state index in [1.165, 1.54) is 0 Å². The summed E-state index contributed by atoms with van der Waals surface area (Å²) in [4.78, 5) is 25.0. The van der Waals surface area contributed by atoms with Crippen LogP contribution in [0.4, 0.5) is 11.5 Å². The van der Waals surface area contributed by atoms with Gasteiger partial charge in [-0.25, -0.2) is 0 Å². The minimum Gasteiger partial charge on any atom is -0.322 e. The maximum Gasteiger partial charge on any atom is 0.256 e. The molecule has 0 spiro atoms. The number of anilines is 2. The van der Waals surface area contributed by atoms with Crippen LogP contribution in [0.5, 0.6) is 0 Å². The molecule has 0 atom stereocenters. The maximum absolute atomic E-state index is 12.6. The van der Waals surface area contributed by atoms with Gasteiger partial charge in [-0.3, -0.25) is 14.7 Å². The van der Waals surface area contributed by atoms with Gasteiger partial charge in [-0.15, -0.1) is 0 Å². The van der Waals surface area contributed by atoms with Gasteiger partial charge in [0.1, 0.15) is 0 Å². The molecule has 0 saturated heterocycles. The third-order valence-corrected chi connectivity index (χ3v) is 4.41. The SMILES string of the molecule is O=C(Nc1cccc(Cl)c1)c1ccc2[nH]nc(NC(=O)c3ccccc3)c2c1. The first kappa shape index (κ1) is 17.8. The number of aromatic nitrogens is 2. The summed E-state index contributed by atoms with van der Waals surface area (Å²) in [6.07, 6.45) is 0. The highest BCUT2D eigenvalue weighted by Crippen LogP contribution is 2.23. The lowest BCUT2D eigenvalue weighted by atomic mass is 10.1. The van der Waals surface area contributed by atoms with Crippen LogP contribution in [0.1, 0.15) is 20.7 Å². The van der Waals surface area contributed by atoms with Crippen LogP contribution in [-0.2, 0) is 0 Å². The first-order valence-corrected chi connectivity index (χ1v) is 8.89. The molecule has 0 aliphatic carbocycles. The van der Waals surface area contributed by atoms with Crippen LogP contribution in [0.25, 0.3) is 10.9 Å².